The number of benzene rings is 2. The standard InChI is InChI=1S/C20H25FN2O3S/c1-16-15-19(26-2)7-8-20(16)27(24,25)23-13-11-22(12-14-23)10-9-17-3-5-18(21)6-4-17/h3-8,15H,9-14H2,1-2H3. The molecule has 1 saturated heterocycles. The summed E-state index contributed by atoms with van der Waals surface area (Å²) in [4.78, 5) is 2.58. The molecule has 1 heterocycles. The Morgan fingerprint density at radius 2 is 1.70 bits per heavy atom. The molecular weight excluding hydrogens is 367 g/mol. The molecule has 5 nitrogen and oxygen atoms in total. The number of nitrogens with zero attached hydrogens (tertiary/aromatic N) is 2. The maximum Gasteiger partial charge on any atom is 0.243 e. The van der Waals surface area contributed by atoms with Crippen molar-refractivity contribution in [3.8, 4) is 5.75 Å². The first kappa shape index (κ1) is 19.8. The molecule has 0 atom stereocenters. The van der Waals surface area contributed by atoms with Gasteiger partial charge in [-0.1, -0.05) is 12.1 Å². The Morgan fingerprint density at radius 3 is 2.30 bits per heavy atom. The van der Waals surface area contributed by atoms with E-state index in [1.165, 1.54) is 12.1 Å². The van der Waals surface area contributed by atoms with Gasteiger partial charge in [0.05, 0.1) is 12.0 Å². The van der Waals surface area contributed by atoms with Gasteiger partial charge in [0.1, 0.15) is 11.6 Å². The van der Waals surface area contributed by atoms with Gasteiger partial charge in [0.25, 0.3) is 0 Å². The Hall–Kier alpha value is -1.96. The van der Waals surface area contributed by atoms with Crippen LogP contribution in [-0.2, 0) is 16.4 Å². The molecule has 27 heavy (non-hydrogen) atoms. The van der Waals surface area contributed by atoms with Crippen molar-refractivity contribution in [3.63, 3.8) is 0 Å². The van der Waals surface area contributed by atoms with E-state index in [9.17, 15) is 12.8 Å². The van der Waals surface area contributed by atoms with Gasteiger partial charge in [-0.05, 0) is 54.8 Å². The summed E-state index contributed by atoms with van der Waals surface area (Å²) in [5.74, 6) is 0.420. The Bertz CT molecular complexity index is 877. The van der Waals surface area contributed by atoms with Crippen molar-refractivity contribution >= 4 is 10.0 Å². The van der Waals surface area contributed by atoms with Gasteiger partial charge in [-0.2, -0.15) is 4.31 Å². The van der Waals surface area contributed by atoms with Crippen LogP contribution < -0.4 is 4.74 Å². The lowest BCUT2D eigenvalue weighted by Crippen LogP contribution is -2.49. The summed E-state index contributed by atoms with van der Waals surface area (Å²) in [7, 11) is -1.94. The number of ether oxygens (including phenoxy) is 1. The number of sulfonamides is 1. The minimum Gasteiger partial charge on any atom is -0.497 e. The Balaban J connectivity index is 1.58. The largest absolute Gasteiger partial charge is 0.497 e. The first-order chi connectivity index (χ1) is 12.9. The zero-order chi connectivity index (χ0) is 19.4. The summed E-state index contributed by atoms with van der Waals surface area (Å²) in [6.45, 7) is 4.94. The smallest absolute Gasteiger partial charge is 0.243 e. The summed E-state index contributed by atoms with van der Waals surface area (Å²) in [6.07, 6.45) is 0.824. The zero-order valence-electron chi connectivity index (χ0n) is 15.7. The molecule has 2 aromatic carbocycles. The third-order valence-corrected chi connectivity index (χ3v) is 7.02. The highest BCUT2D eigenvalue weighted by Crippen LogP contribution is 2.24. The second kappa shape index (κ2) is 8.37. The molecule has 146 valence electrons. The first-order valence-electron chi connectivity index (χ1n) is 9.02. The van der Waals surface area contributed by atoms with Crippen molar-refractivity contribution in [1.82, 2.24) is 9.21 Å². The van der Waals surface area contributed by atoms with Gasteiger partial charge < -0.3 is 9.64 Å². The van der Waals surface area contributed by atoms with E-state index in [-0.39, 0.29) is 5.82 Å². The fourth-order valence-corrected chi connectivity index (χ4v) is 4.94. The average molecular weight is 392 g/mol. The minimum atomic E-state index is -3.50. The van der Waals surface area contributed by atoms with Crippen LogP contribution in [0.25, 0.3) is 0 Å². The number of halogens is 1. The van der Waals surface area contributed by atoms with Crippen LogP contribution in [0.5, 0.6) is 5.75 Å². The number of rotatable bonds is 6. The molecule has 0 aromatic heterocycles. The normalized spacial score (nSPS) is 16.4. The average Bonchev–Trinajstić information content (AvgIpc) is 2.67. The molecule has 0 aliphatic carbocycles. The maximum atomic E-state index is 13.0. The van der Waals surface area contributed by atoms with Crippen molar-refractivity contribution in [2.24, 2.45) is 0 Å². The van der Waals surface area contributed by atoms with Gasteiger partial charge in [-0.3, -0.25) is 0 Å². The molecule has 3 rings (SSSR count). The number of aryl methyl sites for hydroxylation is 1. The molecular formula is C20H25FN2O3S. The molecule has 7 heteroatoms. The summed E-state index contributed by atoms with van der Waals surface area (Å²) in [6, 6.07) is 11.6. The lowest BCUT2D eigenvalue weighted by molar-refractivity contribution is 0.190. The molecule has 0 spiro atoms. The number of methoxy groups -OCH3 is 1. The predicted octanol–water partition coefficient (Wildman–Crippen LogP) is 2.69. The summed E-state index contributed by atoms with van der Waals surface area (Å²) in [5.41, 5.74) is 1.77. The van der Waals surface area contributed by atoms with Crippen molar-refractivity contribution in [3.05, 3.63) is 59.4 Å². The second-order valence-electron chi connectivity index (χ2n) is 6.75. The van der Waals surface area contributed by atoms with E-state index >= 15 is 0 Å². The van der Waals surface area contributed by atoms with Gasteiger partial charge >= 0.3 is 0 Å². The molecule has 0 radical (unpaired) electrons. The highest BCUT2D eigenvalue weighted by Gasteiger charge is 2.29. The summed E-state index contributed by atoms with van der Waals surface area (Å²) in [5, 5.41) is 0. The number of piperazine rings is 1. The molecule has 0 saturated carbocycles. The lowest BCUT2D eigenvalue weighted by atomic mass is 10.1. The highest BCUT2D eigenvalue weighted by atomic mass is 32.2. The topological polar surface area (TPSA) is 49.9 Å². The van der Waals surface area contributed by atoms with Crippen LogP contribution in [0.4, 0.5) is 4.39 Å². The van der Waals surface area contributed by atoms with E-state index < -0.39 is 10.0 Å². The van der Waals surface area contributed by atoms with Gasteiger partial charge in [-0.15, -0.1) is 0 Å². The zero-order valence-corrected chi connectivity index (χ0v) is 16.5. The Labute approximate surface area is 160 Å². The van der Waals surface area contributed by atoms with E-state index in [2.05, 4.69) is 4.90 Å². The fraction of sp³-hybridized carbons (Fsp3) is 0.400. The van der Waals surface area contributed by atoms with Crippen molar-refractivity contribution < 1.29 is 17.5 Å². The van der Waals surface area contributed by atoms with Crippen LogP contribution in [-0.4, -0.2) is 57.5 Å². The van der Waals surface area contributed by atoms with Crippen molar-refractivity contribution in [1.29, 1.82) is 0 Å². The fourth-order valence-electron chi connectivity index (χ4n) is 3.31. The van der Waals surface area contributed by atoms with Crippen LogP contribution in [0.3, 0.4) is 0 Å². The van der Waals surface area contributed by atoms with E-state index in [1.54, 1.807) is 48.7 Å². The SMILES string of the molecule is COc1ccc(S(=O)(=O)N2CCN(CCc3ccc(F)cc3)CC2)c(C)c1. The molecule has 1 aliphatic heterocycles. The number of hydrogen-bond acceptors (Lipinski definition) is 4. The van der Waals surface area contributed by atoms with Crippen LogP contribution in [0, 0.1) is 12.7 Å². The predicted molar refractivity (Wildman–Crippen MR) is 103 cm³/mol. The maximum absolute atomic E-state index is 13.0. The Kier molecular flexibility index (Phi) is 6.14. The van der Waals surface area contributed by atoms with Crippen LogP contribution in [0.1, 0.15) is 11.1 Å². The van der Waals surface area contributed by atoms with Gasteiger partial charge in [-0.25, -0.2) is 12.8 Å². The molecule has 0 N–H and O–H groups in total. The van der Waals surface area contributed by atoms with Gasteiger partial charge in [0.15, 0.2) is 0 Å². The van der Waals surface area contributed by atoms with E-state index in [0.29, 0.717) is 42.4 Å². The molecule has 0 amide bonds. The van der Waals surface area contributed by atoms with E-state index in [1.807, 2.05) is 0 Å². The van der Waals surface area contributed by atoms with Crippen LogP contribution in [0.15, 0.2) is 47.4 Å². The molecule has 0 unspecified atom stereocenters. The van der Waals surface area contributed by atoms with E-state index in [0.717, 1.165) is 18.5 Å². The first-order valence-corrected chi connectivity index (χ1v) is 10.5. The van der Waals surface area contributed by atoms with Crippen LogP contribution in [0.2, 0.25) is 0 Å². The monoisotopic (exact) mass is 392 g/mol. The van der Waals surface area contributed by atoms with Gasteiger partial charge in [0, 0.05) is 32.7 Å². The van der Waals surface area contributed by atoms with Gasteiger partial charge in [0.2, 0.25) is 10.0 Å². The summed E-state index contributed by atoms with van der Waals surface area (Å²) >= 11 is 0. The molecule has 1 fully saturated rings. The Morgan fingerprint density at radius 1 is 1.04 bits per heavy atom. The second-order valence-corrected chi connectivity index (χ2v) is 8.66. The molecule has 1 aliphatic rings. The van der Waals surface area contributed by atoms with Crippen LogP contribution >= 0.6 is 0 Å². The van der Waals surface area contributed by atoms with Crippen molar-refractivity contribution in [2.75, 3.05) is 39.8 Å². The third kappa shape index (κ3) is 4.66. The lowest BCUT2D eigenvalue weighted by Gasteiger charge is -2.34. The van der Waals surface area contributed by atoms with E-state index in [4.69, 9.17) is 4.74 Å². The quantitative estimate of drug-likeness (QED) is 0.759. The van der Waals surface area contributed by atoms with Crippen molar-refractivity contribution in [2.45, 2.75) is 18.2 Å². The third-order valence-electron chi connectivity index (χ3n) is 4.96. The molecule has 0 bridgehead atoms. The minimum absolute atomic E-state index is 0.230. The highest BCUT2D eigenvalue weighted by molar-refractivity contribution is 7.89. The number of hydrogen-bond donors (Lipinski definition) is 0. The molecule has 2 aromatic rings. The summed E-state index contributed by atoms with van der Waals surface area (Å²) < 4.78 is 45.6.